The zero-order valence-electron chi connectivity index (χ0n) is 25.0. The maximum Gasteiger partial charge on any atom is 0.472 e. The number of phosphoric acid groups is 2. The maximum absolute atomic E-state index is 13.9. The molecule has 22 nitrogen and oxygen atoms in total. The summed E-state index contributed by atoms with van der Waals surface area (Å²) < 4.78 is 76.9. The fourth-order valence-corrected chi connectivity index (χ4v) is 8.00. The van der Waals surface area contributed by atoms with Crippen molar-refractivity contribution in [3.8, 4) is 0 Å². The van der Waals surface area contributed by atoms with Gasteiger partial charge in [-0.2, -0.15) is 4.98 Å². The van der Waals surface area contributed by atoms with E-state index >= 15 is 0 Å². The summed E-state index contributed by atoms with van der Waals surface area (Å²) in [5, 5.41) is 11.2. The molecular weight excluding hydrogens is 701 g/mol. The average molecular weight is 730 g/mol. The van der Waals surface area contributed by atoms with Crippen LogP contribution in [-0.4, -0.2) is 97.7 Å². The van der Waals surface area contributed by atoms with Crippen molar-refractivity contribution < 1.29 is 56.0 Å². The molecule has 6 unspecified atom stereocenters. The van der Waals surface area contributed by atoms with Crippen LogP contribution in [0.2, 0.25) is 0 Å². The number of ether oxygens (including phenoxy) is 2. The van der Waals surface area contributed by atoms with E-state index in [1.807, 2.05) is 0 Å². The number of aromatic amines is 1. The quantitative estimate of drug-likeness (QED) is 0.149. The minimum absolute atomic E-state index is 0.0315. The number of aliphatic hydroxyl groups is 1. The SMILES string of the molecule is C=C(F)CCC1C2OP(=O)(O)OC[C@H]3O[C@@H](n4cnc5c(N)ncnc54)C(O)C3OP(=O)(O)OC[C@H]1O[C@H]2n1cnc2c(=O)[nH]c(N)nc21. The van der Waals surface area contributed by atoms with Crippen molar-refractivity contribution in [3.63, 3.8) is 0 Å². The van der Waals surface area contributed by atoms with Crippen LogP contribution in [0.4, 0.5) is 16.2 Å². The number of nitrogen functional groups attached to an aromatic ring is 2. The van der Waals surface area contributed by atoms with Gasteiger partial charge in [-0.05, 0) is 12.8 Å². The number of H-pyrrole nitrogens is 1. The van der Waals surface area contributed by atoms with Crippen LogP contribution in [0.1, 0.15) is 25.3 Å². The molecule has 3 aliphatic heterocycles. The van der Waals surface area contributed by atoms with Gasteiger partial charge < -0.3 is 35.8 Å². The summed E-state index contributed by atoms with van der Waals surface area (Å²) in [6.45, 7) is 1.71. The number of hydrogen-bond acceptors (Lipinski definition) is 17. The van der Waals surface area contributed by atoms with E-state index in [2.05, 4.69) is 36.5 Å². The Balaban J connectivity index is 1.24. The molecule has 3 fully saturated rings. The second-order valence-corrected chi connectivity index (χ2v) is 14.2. The highest BCUT2D eigenvalue weighted by Gasteiger charge is 2.54. The molecular formula is C24H29FN10O12P2. The number of nitrogens with one attached hydrogen (secondary N) is 1. The number of phosphoric ester groups is 2. The lowest BCUT2D eigenvalue weighted by Crippen LogP contribution is -2.36. The van der Waals surface area contributed by atoms with Crippen LogP contribution >= 0.6 is 15.6 Å². The fraction of sp³-hybridized carbons (Fsp3) is 0.500. The first-order valence-electron chi connectivity index (χ1n) is 14.5. The van der Waals surface area contributed by atoms with E-state index in [9.17, 15) is 33.2 Å². The van der Waals surface area contributed by atoms with Gasteiger partial charge in [-0.3, -0.25) is 37.0 Å². The van der Waals surface area contributed by atoms with Gasteiger partial charge in [0.25, 0.3) is 5.56 Å². The number of imidazole rings is 2. The second-order valence-electron chi connectivity index (χ2n) is 11.4. The molecule has 49 heavy (non-hydrogen) atoms. The van der Waals surface area contributed by atoms with Crippen molar-refractivity contribution in [2.75, 3.05) is 24.7 Å². The van der Waals surface area contributed by atoms with E-state index in [1.165, 1.54) is 15.5 Å². The van der Waals surface area contributed by atoms with Crippen LogP contribution in [0.5, 0.6) is 0 Å². The Kier molecular flexibility index (Phi) is 8.64. The Hall–Kier alpha value is -3.73. The molecule has 7 heterocycles. The summed E-state index contributed by atoms with van der Waals surface area (Å²) >= 11 is 0. The highest BCUT2D eigenvalue weighted by Crippen LogP contribution is 2.55. The van der Waals surface area contributed by atoms with E-state index in [1.54, 1.807) is 0 Å². The number of rotatable bonds is 5. The van der Waals surface area contributed by atoms with Crippen molar-refractivity contribution in [1.29, 1.82) is 0 Å². The average Bonchev–Trinajstić information content (AvgIpc) is 3.78. The molecule has 4 aromatic heterocycles. The van der Waals surface area contributed by atoms with Gasteiger partial charge in [0.15, 0.2) is 35.1 Å². The topological polar surface area (TPSA) is 309 Å². The highest BCUT2D eigenvalue weighted by atomic mass is 31.2. The van der Waals surface area contributed by atoms with Crippen molar-refractivity contribution >= 4 is 49.7 Å². The van der Waals surface area contributed by atoms with E-state index in [-0.39, 0.29) is 46.9 Å². The van der Waals surface area contributed by atoms with Crippen LogP contribution in [0.3, 0.4) is 0 Å². The normalized spacial score (nSPS) is 35.5. The first-order valence-corrected chi connectivity index (χ1v) is 17.5. The Labute approximate surface area is 273 Å². The predicted molar refractivity (Wildman–Crippen MR) is 160 cm³/mol. The van der Waals surface area contributed by atoms with Gasteiger partial charge in [0.2, 0.25) is 5.95 Å². The van der Waals surface area contributed by atoms with E-state index in [0.29, 0.717) is 0 Å². The van der Waals surface area contributed by atoms with Gasteiger partial charge >= 0.3 is 15.6 Å². The Bertz CT molecular complexity index is 2080. The van der Waals surface area contributed by atoms with Crippen LogP contribution in [-0.2, 0) is 36.7 Å². The fourth-order valence-electron chi connectivity index (χ4n) is 6.07. The molecule has 264 valence electrons. The van der Waals surface area contributed by atoms with Gasteiger partial charge in [-0.15, -0.1) is 0 Å². The monoisotopic (exact) mass is 730 g/mol. The zero-order chi connectivity index (χ0) is 34.8. The molecule has 3 aliphatic rings. The number of hydrogen-bond donors (Lipinski definition) is 6. The van der Waals surface area contributed by atoms with E-state index < -0.39 is 89.1 Å². The van der Waals surface area contributed by atoms with Crippen molar-refractivity contribution in [1.82, 2.24) is 39.0 Å². The number of halogens is 1. The number of allylic oxidation sites excluding steroid dienone is 1. The molecule has 0 saturated carbocycles. The highest BCUT2D eigenvalue weighted by molar-refractivity contribution is 7.47. The van der Waals surface area contributed by atoms with Crippen LogP contribution in [0.25, 0.3) is 22.3 Å². The Morgan fingerprint density at radius 3 is 2.31 bits per heavy atom. The number of fused-ring (bicyclic) bond motifs is 5. The third kappa shape index (κ3) is 6.39. The molecule has 0 spiro atoms. The van der Waals surface area contributed by atoms with Gasteiger partial charge in [-0.25, -0.2) is 33.5 Å². The van der Waals surface area contributed by atoms with Crippen LogP contribution in [0, 0.1) is 5.92 Å². The van der Waals surface area contributed by atoms with Gasteiger partial charge in [0.1, 0.15) is 36.3 Å². The van der Waals surface area contributed by atoms with Gasteiger partial charge in [-0.1, -0.05) is 6.58 Å². The van der Waals surface area contributed by atoms with E-state index in [4.69, 9.17) is 39.0 Å². The smallest absolute Gasteiger partial charge is 0.386 e. The molecule has 8 N–H and O–H groups in total. The predicted octanol–water partition coefficient (Wildman–Crippen LogP) is 0.177. The summed E-state index contributed by atoms with van der Waals surface area (Å²) in [6.07, 6.45) is -7.20. The maximum atomic E-state index is 13.9. The second kappa shape index (κ2) is 12.5. The molecule has 0 radical (unpaired) electrons. The van der Waals surface area contributed by atoms with Crippen LogP contribution in [0.15, 0.2) is 36.2 Å². The Morgan fingerprint density at radius 2 is 1.59 bits per heavy atom. The molecule has 7 rings (SSSR count). The lowest BCUT2D eigenvalue weighted by molar-refractivity contribution is -0.0671. The lowest BCUT2D eigenvalue weighted by Gasteiger charge is -2.27. The number of nitrogens with zero attached hydrogens (tertiary/aromatic N) is 7. The number of aliphatic hydroxyl groups excluding tert-OH is 1. The first kappa shape index (κ1) is 33.8. The number of aromatic nitrogens is 8. The molecule has 3 saturated heterocycles. The molecule has 0 aromatic carbocycles. The third-order valence-corrected chi connectivity index (χ3v) is 10.2. The minimum Gasteiger partial charge on any atom is -0.386 e. The minimum atomic E-state index is -5.12. The summed E-state index contributed by atoms with van der Waals surface area (Å²) in [4.78, 5) is 56.7. The summed E-state index contributed by atoms with van der Waals surface area (Å²) in [5.74, 6) is -2.00. The molecule has 0 amide bonds. The molecule has 0 aliphatic carbocycles. The largest absolute Gasteiger partial charge is 0.472 e. The summed E-state index contributed by atoms with van der Waals surface area (Å²) in [6, 6.07) is 0. The molecule has 4 aromatic rings. The molecule has 10 atom stereocenters. The van der Waals surface area contributed by atoms with Crippen molar-refractivity contribution in [2.45, 2.75) is 55.8 Å². The number of anilines is 2. The standard InChI is InChI=1S/C24H29FN10O12P2/c1-9(25)2-3-10-11-4-42-49(40,41)47-17-12(45-22(15(17)36)34-7-30-13-18(26)28-6-29-19(13)34)5-43-48(38,39)46-16(10)23(44-11)35-8-31-14-20(35)32-24(27)33-21(14)37/h6-8,10-12,15-17,22-23,36H,1-5H2,(H,38,39)(H,40,41)(H2,26,28,29)(H3,27,32,33,37)/t10?,11-,12-,15?,16?,17?,22-,23-/m1/s1. The number of nitrogens with two attached hydrogens (primary N) is 2. The third-order valence-electron chi connectivity index (χ3n) is 8.25. The van der Waals surface area contributed by atoms with Crippen molar-refractivity contribution in [2.24, 2.45) is 5.92 Å². The van der Waals surface area contributed by atoms with Gasteiger partial charge in [0.05, 0.1) is 37.8 Å². The first-order chi connectivity index (χ1) is 23.2. The molecule has 25 heteroatoms. The van der Waals surface area contributed by atoms with E-state index in [0.717, 1.165) is 12.7 Å². The summed E-state index contributed by atoms with van der Waals surface area (Å²) in [5.41, 5.74) is 11.0. The zero-order valence-corrected chi connectivity index (χ0v) is 26.7. The molecule has 2 bridgehead atoms. The van der Waals surface area contributed by atoms with Crippen LogP contribution < -0.4 is 17.0 Å². The summed E-state index contributed by atoms with van der Waals surface area (Å²) in [7, 11) is -10.2. The lowest BCUT2D eigenvalue weighted by atomic mass is 9.93. The Morgan fingerprint density at radius 1 is 0.959 bits per heavy atom. The van der Waals surface area contributed by atoms with Gasteiger partial charge in [0, 0.05) is 5.92 Å². The van der Waals surface area contributed by atoms with Crippen molar-refractivity contribution in [3.05, 3.63) is 41.7 Å².